The molecule has 0 atom stereocenters. The lowest BCUT2D eigenvalue weighted by Crippen LogP contribution is -2.39. The van der Waals surface area contributed by atoms with Gasteiger partial charge in [0.25, 0.3) is 5.56 Å². The van der Waals surface area contributed by atoms with Gasteiger partial charge in [-0.2, -0.15) is 0 Å². The van der Waals surface area contributed by atoms with E-state index < -0.39 is 0 Å². The quantitative estimate of drug-likeness (QED) is 0.620. The summed E-state index contributed by atoms with van der Waals surface area (Å²) in [6.07, 6.45) is 1.77. The van der Waals surface area contributed by atoms with Crippen LogP contribution in [0.2, 0.25) is 0 Å². The highest BCUT2D eigenvalue weighted by atomic mass is 16.2. The van der Waals surface area contributed by atoms with Gasteiger partial charge < -0.3 is 9.88 Å². The Morgan fingerprint density at radius 3 is 2.63 bits per heavy atom. The summed E-state index contributed by atoms with van der Waals surface area (Å²) in [5, 5.41) is 0.582. The molecule has 0 aliphatic heterocycles. The highest BCUT2D eigenvalue weighted by molar-refractivity contribution is 5.95. The summed E-state index contributed by atoms with van der Waals surface area (Å²) in [6.45, 7) is 7.57. The zero-order chi connectivity index (χ0) is 21.7. The van der Waals surface area contributed by atoms with Gasteiger partial charge >= 0.3 is 0 Å². The summed E-state index contributed by atoms with van der Waals surface area (Å²) >= 11 is 0. The van der Waals surface area contributed by atoms with E-state index in [9.17, 15) is 9.59 Å². The predicted octanol–water partition coefficient (Wildman–Crippen LogP) is 3.67. The van der Waals surface area contributed by atoms with Crippen molar-refractivity contribution in [3.8, 4) is 0 Å². The number of fused-ring (bicyclic) bond motifs is 1. The van der Waals surface area contributed by atoms with E-state index in [1.165, 1.54) is 0 Å². The zero-order valence-corrected chi connectivity index (χ0v) is 18.2. The van der Waals surface area contributed by atoms with Gasteiger partial charge in [0.05, 0.1) is 24.0 Å². The maximum Gasteiger partial charge on any atom is 0.258 e. The van der Waals surface area contributed by atoms with Crippen LogP contribution in [-0.2, 0) is 17.8 Å². The number of carbonyl (C=O) groups excluding carboxylic acids is 1. The molecule has 6 nitrogen and oxygen atoms in total. The van der Waals surface area contributed by atoms with Crippen molar-refractivity contribution in [2.45, 2.75) is 40.2 Å². The Kier molecular flexibility index (Phi) is 7.00. The first-order chi connectivity index (χ1) is 14.4. The molecule has 0 aliphatic carbocycles. The van der Waals surface area contributed by atoms with Crippen molar-refractivity contribution < 1.29 is 4.79 Å². The lowest BCUT2D eigenvalue weighted by atomic mass is 10.1. The number of benzene rings is 2. The average molecular weight is 407 g/mol. The maximum absolute atomic E-state index is 13.0. The highest BCUT2D eigenvalue weighted by Crippen LogP contribution is 2.20. The second kappa shape index (κ2) is 9.67. The molecule has 0 fully saturated rings. The Morgan fingerprint density at radius 2 is 1.90 bits per heavy atom. The number of anilines is 1. The summed E-state index contributed by atoms with van der Waals surface area (Å²) in [5.41, 5.74) is 3.68. The smallest absolute Gasteiger partial charge is 0.258 e. The molecule has 158 valence electrons. The van der Waals surface area contributed by atoms with Crippen LogP contribution in [0.25, 0.3) is 10.9 Å². The predicted molar refractivity (Wildman–Crippen MR) is 122 cm³/mol. The Bertz CT molecular complexity index is 1090. The van der Waals surface area contributed by atoms with Gasteiger partial charge in [0.2, 0.25) is 5.91 Å². The molecule has 1 amide bonds. The van der Waals surface area contributed by atoms with E-state index in [4.69, 9.17) is 0 Å². The number of rotatable bonds is 8. The van der Waals surface area contributed by atoms with Gasteiger partial charge in [-0.15, -0.1) is 0 Å². The number of likely N-dealkylation sites (N-methyl/N-ethyl adjacent to an activating group) is 1. The van der Waals surface area contributed by atoms with Crippen LogP contribution in [0.15, 0.2) is 47.3 Å². The summed E-state index contributed by atoms with van der Waals surface area (Å²) in [5.74, 6) is 0.597. The molecule has 2 aromatic carbocycles. The largest absolute Gasteiger partial charge is 0.314 e. The van der Waals surface area contributed by atoms with Crippen LogP contribution in [-0.4, -0.2) is 40.9 Å². The fourth-order valence-corrected chi connectivity index (χ4v) is 3.68. The van der Waals surface area contributed by atoms with Crippen LogP contribution in [0, 0.1) is 6.92 Å². The molecule has 6 heteroatoms. The van der Waals surface area contributed by atoms with E-state index in [1.807, 2.05) is 49.2 Å². The fraction of sp³-hybridized carbons (Fsp3) is 0.375. The van der Waals surface area contributed by atoms with Crippen molar-refractivity contribution in [3.05, 3.63) is 69.8 Å². The Hall–Kier alpha value is -2.99. The third-order valence-electron chi connectivity index (χ3n) is 5.29. The van der Waals surface area contributed by atoms with Crippen molar-refractivity contribution in [1.29, 1.82) is 0 Å². The number of H-pyrrole nitrogens is 1. The monoisotopic (exact) mass is 406 g/mol. The number of carbonyl (C=O) groups is 1. The number of hydrogen-bond donors (Lipinski definition) is 1. The maximum atomic E-state index is 13.0. The van der Waals surface area contributed by atoms with Crippen molar-refractivity contribution in [1.82, 2.24) is 14.9 Å². The lowest BCUT2D eigenvalue weighted by molar-refractivity contribution is -0.119. The number of aromatic nitrogens is 2. The second-order valence-electron chi connectivity index (χ2n) is 7.68. The number of nitrogens with zero attached hydrogens (tertiary/aromatic N) is 3. The third-order valence-corrected chi connectivity index (χ3v) is 5.29. The van der Waals surface area contributed by atoms with Crippen LogP contribution >= 0.6 is 0 Å². The van der Waals surface area contributed by atoms with E-state index in [1.54, 1.807) is 11.0 Å². The lowest BCUT2D eigenvalue weighted by Gasteiger charge is -2.25. The molecular formula is C24H30N4O2. The first-order valence-corrected chi connectivity index (χ1v) is 10.5. The van der Waals surface area contributed by atoms with Crippen molar-refractivity contribution in [3.63, 3.8) is 0 Å². The zero-order valence-electron chi connectivity index (χ0n) is 18.2. The molecule has 0 aliphatic rings. The molecule has 0 spiro atoms. The molecule has 30 heavy (non-hydrogen) atoms. The fourth-order valence-electron chi connectivity index (χ4n) is 3.68. The van der Waals surface area contributed by atoms with Gasteiger partial charge in [0.1, 0.15) is 5.82 Å². The number of aryl methyl sites for hydroxylation is 2. The van der Waals surface area contributed by atoms with E-state index in [0.29, 0.717) is 23.3 Å². The van der Waals surface area contributed by atoms with E-state index >= 15 is 0 Å². The van der Waals surface area contributed by atoms with Gasteiger partial charge in [-0.25, -0.2) is 4.98 Å². The van der Waals surface area contributed by atoms with E-state index in [0.717, 1.165) is 36.2 Å². The number of aromatic amines is 1. The molecule has 0 unspecified atom stereocenters. The molecule has 3 rings (SSSR count). The molecule has 0 radical (unpaired) electrons. The van der Waals surface area contributed by atoms with Crippen LogP contribution in [0.5, 0.6) is 0 Å². The topological polar surface area (TPSA) is 69.3 Å². The Balaban J connectivity index is 1.80. The normalized spacial score (nSPS) is 11.2. The molecule has 1 N–H and O–H groups in total. The standard InChI is InChI=1S/C24H30N4O2/c1-5-13-28(16-23(29)27(4)21-10-8-7-9-18(21)6-2)15-22-25-20-14-17(3)11-12-19(20)24(30)26-22/h7-12,14H,5-6,13,15-16H2,1-4H3,(H,25,26,30). The molecule has 0 saturated heterocycles. The average Bonchev–Trinajstić information content (AvgIpc) is 2.72. The minimum Gasteiger partial charge on any atom is -0.314 e. The van der Waals surface area contributed by atoms with Gasteiger partial charge in [0, 0.05) is 12.7 Å². The second-order valence-corrected chi connectivity index (χ2v) is 7.68. The van der Waals surface area contributed by atoms with Crippen LogP contribution < -0.4 is 10.5 Å². The Labute approximate surface area is 177 Å². The molecule has 0 bridgehead atoms. The van der Waals surface area contributed by atoms with E-state index in [2.05, 4.69) is 29.9 Å². The minimum atomic E-state index is -0.147. The molecule has 1 heterocycles. The number of hydrogen-bond acceptors (Lipinski definition) is 4. The third kappa shape index (κ3) is 4.94. The summed E-state index contributed by atoms with van der Waals surface area (Å²) in [7, 11) is 1.82. The molecule has 1 aromatic heterocycles. The molecular weight excluding hydrogens is 376 g/mol. The number of nitrogens with one attached hydrogen (secondary N) is 1. The summed E-state index contributed by atoms with van der Waals surface area (Å²) in [6, 6.07) is 13.6. The number of amides is 1. The van der Waals surface area contributed by atoms with Crippen LogP contribution in [0.1, 0.15) is 37.2 Å². The van der Waals surface area contributed by atoms with Crippen LogP contribution in [0.4, 0.5) is 5.69 Å². The van der Waals surface area contributed by atoms with Gasteiger partial charge in [-0.1, -0.05) is 38.1 Å². The first kappa shape index (κ1) is 21.7. The summed E-state index contributed by atoms with van der Waals surface area (Å²) < 4.78 is 0. The molecule has 3 aromatic rings. The van der Waals surface area contributed by atoms with Crippen LogP contribution in [0.3, 0.4) is 0 Å². The number of para-hydroxylation sites is 1. The van der Waals surface area contributed by atoms with Gasteiger partial charge in [0.15, 0.2) is 0 Å². The van der Waals surface area contributed by atoms with Gasteiger partial charge in [-0.3, -0.25) is 14.5 Å². The Morgan fingerprint density at radius 1 is 1.13 bits per heavy atom. The van der Waals surface area contributed by atoms with Crippen molar-refractivity contribution >= 4 is 22.5 Å². The summed E-state index contributed by atoms with van der Waals surface area (Å²) in [4.78, 5) is 36.7. The van der Waals surface area contributed by atoms with Crippen molar-refractivity contribution in [2.75, 3.05) is 25.0 Å². The minimum absolute atomic E-state index is 0.0170. The molecule has 0 saturated carbocycles. The van der Waals surface area contributed by atoms with Crippen molar-refractivity contribution in [2.24, 2.45) is 0 Å². The highest BCUT2D eigenvalue weighted by Gasteiger charge is 2.18. The van der Waals surface area contributed by atoms with E-state index in [-0.39, 0.29) is 18.0 Å². The SMILES string of the molecule is CCCN(CC(=O)N(C)c1ccccc1CC)Cc1nc2cc(C)ccc2c(=O)[nH]1. The van der Waals surface area contributed by atoms with Gasteiger partial charge in [-0.05, 0) is 55.6 Å². The first-order valence-electron chi connectivity index (χ1n) is 10.5.